The summed E-state index contributed by atoms with van der Waals surface area (Å²) in [5, 5.41) is 3.59. The van der Waals surface area contributed by atoms with Gasteiger partial charge in [0.15, 0.2) is 0 Å². The summed E-state index contributed by atoms with van der Waals surface area (Å²) in [5.41, 5.74) is 0.377. The number of rotatable bonds is 3. The van der Waals surface area contributed by atoms with E-state index in [-0.39, 0.29) is 0 Å². The van der Waals surface area contributed by atoms with E-state index in [0.29, 0.717) is 12.1 Å². The van der Waals surface area contributed by atoms with E-state index >= 15 is 0 Å². The minimum atomic E-state index is -4.25. The fraction of sp³-hybridized carbons (Fsp3) is 0.625. The average Bonchev–Trinajstić information content (AvgIpc) is 3.25. The molecule has 2 fully saturated rings. The van der Waals surface area contributed by atoms with E-state index in [1.807, 2.05) is 0 Å². The first-order valence-corrected chi connectivity index (χ1v) is 7.57. The molecule has 1 heterocycles. The number of nitrogens with zero attached hydrogens (tertiary/aromatic N) is 1. The molecular formula is C16H21F3N2. The Labute approximate surface area is 123 Å². The number of hydrogen-bond donors (Lipinski definition) is 1. The van der Waals surface area contributed by atoms with Crippen LogP contribution in [-0.4, -0.2) is 30.1 Å². The van der Waals surface area contributed by atoms with Gasteiger partial charge in [0.1, 0.15) is 0 Å². The third kappa shape index (κ3) is 3.58. The Morgan fingerprint density at radius 3 is 2.43 bits per heavy atom. The van der Waals surface area contributed by atoms with Crippen LogP contribution < -0.4 is 5.32 Å². The summed E-state index contributed by atoms with van der Waals surface area (Å²) in [7, 11) is 0. The van der Waals surface area contributed by atoms with E-state index in [1.165, 1.54) is 25.0 Å². The van der Waals surface area contributed by atoms with Crippen molar-refractivity contribution in [3.8, 4) is 0 Å². The van der Waals surface area contributed by atoms with Gasteiger partial charge in [0, 0.05) is 31.7 Å². The van der Waals surface area contributed by atoms with Crippen LogP contribution in [0.1, 0.15) is 30.9 Å². The zero-order chi connectivity index (χ0) is 15.0. The van der Waals surface area contributed by atoms with Gasteiger partial charge in [-0.15, -0.1) is 0 Å². The summed E-state index contributed by atoms with van der Waals surface area (Å²) in [6.45, 7) is 4.85. The van der Waals surface area contributed by atoms with Crippen molar-refractivity contribution < 1.29 is 13.2 Å². The molecule has 2 unspecified atom stereocenters. The maximum atomic E-state index is 12.6. The predicted molar refractivity (Wildman–Crippen MR) is 75.8 cm³/mol. The summed E-state index contributed by atoms with van der Waals surface area (Å²) in [6.07, 6.45) is -1.64. The summed E-state index contributed by atoms with van der Waals surface area (Å²) in [4.78, 5) is 2.38. The minimum absolute atomic E-state index is 0.419. The van der Waals surface area contributed by atoms with E-state index in [1.54, 1.807) is 12.1 Å². The largest absolute Gasteiger partial charge is 0.416 e. The highest BCUT2D eigenvalue weighted by Crippen LogP contribution is 2.34. The lowest BCUT2D eigenvalue weighted by molar-refractivity contribution is -0.137. The monoisotopic (exact) mass is 298 g/mol. The second kappa shape index (κ2) is 5.61. The minimum Gasteiger partial charge on any atom is -0.311 e. The Morgan fingerprint density at radius 1 is 1.19 bits per heavy atom. The van der Waals surface area contributed by atoms with E-state index in [0.717, 1.165) is 31.1 Å². The molecule has 21 heavy (non-hydrogen) atoms. The number of nitrogens with one attached hydrogen (secondary N) is 1. The summed E-state index contributed by atoms with van der Waals surface area (Å²) >= 11 is 0. The standard InChI is InChI=1S/C16H21F3N2/c1-11-8-20-15(13-4-5-13)10-21(11)9-12-2-6-14(7-3-12)16(17,18)19/h2-3,6-7,11,13,15,20H,4-5,8-10H2,1H3. The van der Waals surface area contributed by atoms with E-state index in [4.69, 9.17) is 0 Å². The Hall–Kier alpha value is -1.07. The van der Waals surface area contributed by atoms with Crippen LogP contribution in [0.3, 0.4) is 0 Å². The summed E-state index contributed by atoms with van der Waals surface area (Å²) in [5.74, 6) is 0.799. The van der Waals surface area contributed by atoms with Crippen LogP contribution in [0.5, 0.6) is 0 Å². The Balaban J connectivity index is 1.64. The first kappa shape index (κ1) is 14.9. The molecule has 0 bridgehead atoms. The molecule has 1 aliphatic heterocycles. The average molecular weight is 298 g/mol. The lowest BCUT2D eigenvalue weighted by Crippen LogP contribution is -2.55. The zero-order valence-corrected chi connectivity index (χ0v) is 12.2. The van der Waals surface area contributed by atoms with Crippen LogP contribution in [-0.2, 0) is 12.7 Å². The quantitative estimate of drug-likeness (QED) is 0.921. The first-order chi connectivity index (χ1) is 9.93. The Kier molecular flexibility index (Phi) is 3.97. The fourth-order valence-electron chi connectivity index (χ4n) is 3.02. The lowest BCUT2D eigenvalue weighted by Gasteiger charge is -2.39. The van der Waals surface area contributed by atoms with Crippen LogP contribution >= 0.6 is 0 Å². The zero-order valence-electron chi connectivity index (χ0n) is 12.2. The van der Waals surface area contributed by atoms with Crippen LogP contribution in [0, 0.1) is 5.92 Å². The van der Waals surface area contributed by atoms with Gasteiger partial charge in [0.2, 0.25) is 0 Å². The van der Waals surface area contributed by atoms with Gasteiger partial charge in [0.25, 0.3) is 0 Å². The van der Waals surface area contributed by atoms with Gasteiger partial charge >= 0.3 is 6.18 Å². The molecule has 116 valence electrons. The molecule has 0 aromatic heterocycles. The number of hydrogen-bond acceptors (Lipinski definition) is 2. The van der Waals surface area contributed by atoms with Crippen LogP contribution in [0.25, 0.3) is 0 Å². The van der Waals surface area contributed by atoms with Crippen LogP contribution in [0.15, 0.2) is 24.3 Å². The molecule has 2 nitrogen and oxygen atoms in total. The molecule has 1 aromatic carbocycles. The van der Waals surface area contributed by atoms with Gasteiger partial charge in [-0.3, -0.25) is 4.90 Å². The van der Waals surface area contributed by atoms with E-state index in [9.17, 15) is 13.2 Å². The smallest absolute Gasteiger partial charge is 0.311 e. The van der Waals surface area contributed by atoms with Crippen LogP contribution in [0.4, 0.5) is 13.2 Å². The fourth-order valence-corrected chi connectivity index (χ4v) is 3.02. The van der Waals surface area contributed by atoms with Gasteiger partial charge < -0.3 is 5.32 Å². The second-order valence-corrected chi connectivity index (χ2v) is 6.33. The molecule has 1 aromatic rings. The lowest BCUT2D eigenvalue weighted by atomic mass is 10.0. The highest BCUT2D eigenvalue weighted by atomic mass is 19.4. The molecule has 1 N–H and O–H groups in total. The van der Waals surface area contributed by atoms with Crippen molar-refractivity contribution in [2.24, 2.45) is 5.92 Å². The molecule has 2 aliphatic rings. The number of halogens is 3. The number of piperazine rings is 1. The van der Waals surface area contributed by atoms with Crippen molar-refractivity contribution in [2.75, 3.05) is 13.1 Å². The van der Waals surface area contributed by atoms with Crippen molar-refractivity contribution in [3.05, 3.63) is 35.4 Å². The molecule has 0 spiro atoms. The van der Waals surface area contributed by atoms with Gasteiger partial charge in [-0.05, 0) is 43.4 Å². The van der Waals surface area contributed by atoms with Crippen LogP contribution in [0.2, 0.25) is 0 Å². The third-order valence-electron chi connectivity index (χ3n) is 4.59. The molecule has 1 saturated heterocycles. The van der Waals surface area contributed by atoms with E-state index < -0.39 is 11.7 Å². The summed E-state index contributed by atoms with van der Waals surface area (Å²) < 4.78 is 37.7. The molecule has 1 aliphatic carbocycles. The van der Waals surface area contributed by atoms with Crippen molar-refractivity contribution in [3.63, 3.8) is 0 Å². The molecule has 5 heteroatoms. The molecule has 0 amide bonds. The molecule has 1 saturated carbocycles. The van der Waals surface area contributed by atoms with E-state index in [2.05, 4.69) is 17.1 Å². The van der Waals surface area contributed by atoms with Gasteiger partial charge in [-0.2, -0.15) is 13.2 Å². The topological polar surface area (TPSA) is 15.3 Å². The normalized spacial score (nSPS) is 27.8. The van der Waals surface area contributed by atoms with Crippen molar-refractivity contribution in [1.29, 1.82) is 0 Å². The maximum absolute atomic E-state index is 12.6. The van der Waals surface area contributed by atoms with Crippen molar-refractivity contribution in [1.82, 2.24) is 10.2 Å². The molecular weight excluding hydrogens is 277 g/mol. The summed E-state index contributed by atoms with van der Waals surface area (Å²) in [6, 6.07) is 6.53. The molecule has 3 rings (SSSR count). The number of benzene rings is 1. The predicted octanol–water partition coefficient (Wildman–Crippen LogP) is 3.28. The maximum Gasteiger partial charge on any atom is 0.416 e. The van der Waals surface area contributed by atoms with Gasteiger partial charge in [-0.25, -0.2) is 0 Å². The SMILES string of the molecule is CC1CNC(C2CC2)CN1Cc1ccc(C(F)(F)F)cc1. The van der Waals surface area contributed by atoms with Gasteiger partial charge in [-0.1, -0.05) is 12.1 Å². The van der Waals surface area contributed by atoms with Gasteiger partial charge in [0.05, 0.1) is 5.56 Å². The van der Waals surface area contributed by atoms with Crippen molar-refractivity contribution in [2.45, 2.75) is 44.6 Å². The Bertz CT molecular complexity index is 479. The highest BCUT2D eigenvalue weighted by Gasteiger charge is 2.36. The third-order valence-corrected chi connectivity index (χ3v) is 4.59. The first-order valence-electron chi connectivity index (χ1n) is 7.57. The number of alkyl halides is 3. The Morgan fingerprint density at radius 2 is 1.86 bits per heavy atom. The second-order valence-electron chi connectivity index (χ2n) is 6.33. The highest BCUT2D eigenvalue weighted by molar-refractivity contribution is 5.24. The molecule has 0 radical (unpaired) electrons. The van der Waals surface area contributed by atoms with Crippen molar-refractivity contribution >= 4 is 0 Å². The molecule has 2 atom stereocenters.